The molecule has 22 heavy (non-hydrogen) atoms. The molecule has 0 spiro atoms. The Balaban J connectivity index is 0.00000176. The van der Waals surface area contributed by atoms with Crippen LogP contribution in [0.4, 0.5) is 4.39 Å². The summed E-state index contributed by atoms with van der Waals surface area (Å²) in [6, 6.07) is 9.52. The van der Waals surface area contributed by atoms with Gasteiger partial charge in [-0.3, -0.25) is 9.88 Å². The molecule has 0 radical (unpaired) electrons. The van der Waals surface area contributed by atoms with Gasteiger partial charge in [0.05, 0.1) is 0 Å². The summed E-state index contributed by atoms with van der Waals surface area (Å²) in [5.41, 5.74) is 1.90. The lowest BCUT2D eigenvalue weighted by Crippen LogP contribution is -2.45. The van der Waals surface area contributed by atoms with Gasteiger partial charge in [-0.2, -0.15) is 0 Å². The van der Waals surface area contributed by atoms with Gasteiger partial charge in [0.15, 0.2) is 0 Å². The molecule has 2 heterocycles. The average Bonchev–Trinajstić information content (AvgIpc) is 2.51. The number of hydrogen-bond acceptors (Lipinski definition) is 3. The molecular weight excluding hydrogens is 369 g/mol. The van der Waals surface area contributed by atoms with Crippen molar-refractivity contribution < 1.29 is 4.39 Å². The molecule has 6 heteroatoms. The molecule has 0 saturated carbocycles. The second kappa shape index (κ2) is 8.02. The molecular formula is C16H18BrClFN3. The molecule has 1 fully saturated rings. The number of halogens is 3. The highest BCUT2D eigenvalue weighted by molar-refractivity contribution is 9.10. The summed E-state index contributed by atoms with van der Waals surface area (Å²) < 4.78 is 14.8. The zero-order valence-corrected chi connectivity index (χ0v) is 14.4. The lowest BCUT2D eigenvalue weighted by molar-refractivity contribution is 0.151. The fourth-order valence-corrected chi connectivity index (χ4v) is 3.04. The fourth-order valence-electron chi connectivity index (χ4n) is 2.71. The van der Waals surface area contributed by atoms with Crippen LogP contribution >= 0.6 is 28.3 Å². The number of nitrogens with zero attached hydrogens (tertiary/aromatic N) is 2. The summed E-state index contributed by atoms with van der Waals surface area (Å²) >= 11 is 3.30. The summed E-state index contributed by atoms with van der Waals surface area (Å²) in [6.45, 7) is 3.30. The molecule has 1 saturated heterocycles. The topological polar surface area (TPSA) is 28.2 Å². The van der Waals surface area contributed by atoms with Crippen molar-refractivity contribution in [1.29, 1.82) is 0 Å². The van der Waals surface area contributed by atoms with Crippen LogP contribution in [0.25, 0.3) is 0 Å². The van der Waals surface area contributed by atoms with E-state index in [1.807, 2.05) is 24.4 Å². The second-order valence-corrected chi connectivity index (χ2v) is 6.13. The van der Waals surface area contributed by atoms with Crippen molar-refractivity contribution in [2.75, 3.05) is 19.6 Å². The SMILES string of the molecule is Cl.Fc1cc(Br)ccc1CN1CCNCC1c1cccnc1. The number of benzene rings is 1. The Kier molecular flexibility index (Phi) is 6.32. The van der Waals surface area contributed by atoms with Gasteiger partial charge < -0.3 is 5.32 Å². The van der Waals surface area contributed by atoms with Gasteiger partial charge in [0.25, 0.3) is 0 Å². The van der Waals surface area contributed by atoms with E-state index < -0.39 is 0 Å². The summed E-state index contributed by atoms with van der Waals surface area (Å²) in [4.78, 5) is 6.50. The van der Waals surface area contributed by atoms with Gasteiger partial charge in [0.1, 0.15) is 5.82 Å². The van der Waals surface area contributed by atoms with Gasteiger partial charge in [-0.05, 0) is 23.8 Å². The van der Waals surface area contributed by atoms with E-state index >= 15 is 0 Å². The number of piperazine rings is 1. The molecule has 1 aromatic carbocycles. The Bertz CT molecular complexity index is 612. The molecule has 3 nitrogen and oxygen atoms in total. The van der Waals surface area contributed by atoms with Crippen molar-refractivity contribution in [1.82, 2.24) is 15.2 Å². The van der Waals surface area contributed by atoms with Crippen LogP contribution in [0.15, 0.2) is 47.2 Å². The minimum atomic E-state index is -0.159. The number of aromatic nitrogens is 1. The van der Waals surface area contributed by atoms with Gasteiger partial charge in [-0.15, -0.1) is 12.4 Å². The monoisotopic (exact) mass is 385 g/mol. The third-order valence-electron chi connectivity index (χ3n) is 3.81. The van der Waals surface area contributed by atoms with Crippen LogP contribution in [0.1, 0.15) is 17.2 Å². The smallest absolute Gasteiger partial charge is 0.128 e. The standard InChI is InChI=1S/C16H17BrFN3.ClH/c17-14-4-3-13(15(18)8-14)11-21-7-6-20-10-16(21)12-2-1-5-19-9-12;/h1-5,8-9,16,20H,6-7,10-11H2;1H. The molecule has 3 rings (SSSR count). The fraction of sp³-hybridized carbons (Fsp3) is 0.312. The summed E-state index contributed by atoms with van der Waals surface area (Å²) in [5.74, 6) is -0.159. The average molecular weight is 387 g/mol. The molecule has 1 aliphatic rings. The molecule has 0 amide bonds. The van der Waals surface area contributed by atoms with E-state index in [0.717, 1.165) is 29.7 Å². The largest absolute Gasteiger partial charge is 0.314 e. The van der Waals surface area contributed by atoms with Crippen LogP contribution in [0.2, 0.25) is 0 Å². The first kappa shape index (κ1) is 17.3. The van der Waals surface area contributed by atoms with Gasteiger partial charge in [0.2, 0.25) is 0 Å². The molecule has 118 valence electrons. The van der Waals surface area contributed by atoms with Crippen molar-refractivity contribution in [2.24, 2.45) is 0 Å². The van der Waals surface area contributed by atoms with E-state index in [1.165, 1.54) is 11.6 Å². The van der Waals surface area contributed by atoms with E-state index in [1.54, 1.807) is 6.20 Å². The van der Waals surface area contributed by atoms with E-state index in [-0.39, 0.29) is 24.3 Å². The Labute approximate surface area is 144 Å². The van der Waals surface area contributed by atoms with Gasteiger partial charge >= 0.3 is 0 Å². The van der Waals surface area contributed by atoms with Crippen molar-refractivity contribution >= 4 is 28.3 Å². The molecule has 1 atom stereocenters. The van der Waals surface area contributed by atoms with E-state index in [4.69, 9.17) is 0 Å². The first-order chi connectivity index (χ1) is 10.2. The lowest BCUT2D eigenvalue weighted by atomic mass is 10.0. The second-order valence-electron chi connectivity index (χ2n) is 5.21. The van der Waals surface area contributed by atoms with Crippen LogP contribution in [0.3, 0.4) is 0 Å². The third kappa shape index (κ3) is 4.04. The Hall–Kier alpha value is -1.01. The molecule has 1 aromatic heterocycles. The highest BCUT2D eigenvalue weighted by Crippen LogP contribution is 2.25. The van der Waals surface area contributed by atoms with Crippen LogP contribution in [-0.4, -0.2) is 29.5 Å². The summed E-state index contributed by atoms with van der Waals surface area (Å²) in [7, 11) is 0. The third-order valence-corrected chi connectivity index (χ3v) is 4.31. The number of rotatable bonds is 3. The van der Waals surface area contributed by atoms with Crippen LogP contribution in [0.5, 0.6) is 0 Å². The maximum Gasteiger partial charge on any atom is 0.128 e. The molecule has 0 aliphatic carbocycles. The maximum atomic E-state index is 14.1. The number of nitrogens with one attached hydrogen (secondary N) is 1. The van der Waals surface area contributed by atoms with Gasteiger partial charge in [-0.25, -0.2) is 4.39 Å². The van der Waals surface area contributed by atoms with Crippen LogP contribution in [0, 0.1) is 5.82 Å². The Morgan fingerprint density at radius 2 is 2.23 bits per heavy atom. The van der Waals surface area contributed by atoms with Crippen molar-refractivity contribution in [3.8, 4) is 0 Å². The van der Waals surface area contributed by atoms with Crippen LogP contribution in [-0.2, 0) is 6.54 Å². The summed E-state index contributed by atoms with van der Waals surface area (Å²) in [5, 5.41) is 3.40. The van der Waals surface area contributed by atoms with Crippen molar-refractivity contribution in [3.05, 3.63) is 64.1 Å². The predicted octanol–water partition coefficient (Wildman–Crippen LogP) is 3.55. The summed E-state index contributed by atoms with van der Waals surface area (Å²) in [6.07, 6.45) is 3.67. The molecule has 2 aromatic rings. The molecule has 1 aliphatic heterocycles. The Morgan fingerprint density at radius 3 is 2.95 bits per heavy atom. The highest BCUT2D eigenvalue weighted by Gasteiger charge is 2.24. The zero-order chi connectivity index (χ0) is 14.7. The van der Waals surface area contributed by atoms with E-state index in [2.05, 4.69) is 37.2 Å². The molecule has 0 bridgehead atoms. The van der Waals surface area contributed by atoms with E-state index in [9.17, 15) is 4.39 Å². The molecule has 1 unspecified atom stereocenters. The lowest BCUT2D eigenvalue weighted by Gasteiger charge is -2.36. The Morgan fingerprint density at radius 1 is 1.36 bits per heavy atom. The highest BCUT2D eigenvalue weighted by atomic mass is 79.9. The normalized spacial score (nSPS) is 18.7. The van der Waals surface area contributed by atoms with Gasteiger partial charge in [0, 0.05) is 54.7 Å². The number of hydrogen-bond donors (Lipinski definition) is 1. The van der Waals surface area contributed by atoms with Crippen LogP contribution < -0.4 is 5.32 Å². The van der Waals surface area contributed by atoms with E-state index in [0.29, 0.717) is 6.54 Å². The minimum Gasteiger partial charge on any atom is -0.314 e. The first-order valence-electron chi connectivity index (χ1n) is 7.02. The van der Waals surface area contributed by atoms with Crippen molar-refractivity contribution in [2.45, 2.75) is 12.6 Å². The minimum absolute atomic E-state index is 0. The number of pyridine rings is 1. The van der Waals surface area contributed by atoms with Gasteiger partial charge in [-0.1, -0.05) is 28.1 Å². The molecule has 1 N–H and O–H groups in total. The predicted molar refractivity (Wildman–Crippen MR) is 91.6 cm³/mol. The maximum absolute atomic E-state index is 14.1. The quantitative estimate of drug-likeness (QED) is 0.874. The van der Waals surface area contributed by atoms with Crippen molar-refractivity contribution in [3.63, 3.8) is 0 Å². The zero-order valence-electron chi connectivity index (χ0n) is 12.0. The first-order valence-corrected chi connectivity index (χ1v) is 7.82.